The molecule has 0 atom stereocenters. The van der Waals surface area contributed by atoms with Gasteiger partial charge in [0, 0.05) is 24.8 Å². The maximum atomic E-state index is 13.1. The van der Waals surface area contributed by atoms with E-state index in [2.05, 4.69) is 9.97 Å². The summed E-state index contributed by atoms with van der Waals surface area (Å²) >= 11 is 0. The highest BCUT2D eigenvalue weighted by Crippen LogP contribution is 2.24. The van der Waals surface area contributed by atoms with Crippen LogP contribution in [-0.2, 0) is 4.74 Å². The molecule has 1 fully saturated rings. The predicted molar refractivity (Wildman–Crippen MR) is 115 cm³/mol. The zero-order valence-corrected chi connectivity index (χ0v) is 17.4. The number of aromatic nitrogens is 3. The van der Waals surface area contributed by atoms with Gasteiger partial charge in [-0.1, -0.05) is 30.3 Å². The minimum absolute atomic E-state index is 0.264. The molecule has 1 aliphatic rings. The highest BCUT2D eigenvalue weighted by Gasteiger charge is 2.29. The number of nitrogens with zero attached hydrogens (tertiary/aromatic N) is 2. The molecule has 0 aliphatic carbocycles. The largest absolute Gasteiger partial charge is 0.444 e. The van der Waals surface area contributed by atoms with Crippen molar-refractivity contribution >= 4 is 17.1 Å². The molecule has 2 aromatic heterocycles. The number of amides is 1. The van der Waals surface area contributed by atoms with E-state index >= 15 is 0 Å². The Kier molecular flexibility index (Phi) is 5.01. The van der Waals surface area contributed by atoms with Gasteiger partial charge in [-0.15, -0.1) is 0 Å². The van der Waals surface area contributed by atoms with Crippen molar-refractivity contribution in [2.45, 2.75) is 45.3 Å². The van der Waals surface area contributed by atoms with Crippen LogP contribution in [0.3, 0.4) is 0 Å². The smallest absolute Gasteiger partial charge is 0.410 e. The molecule has 4 rings (SSSR count). The van der Waals surface area contributed by atoms with Crippen molar-refractivity contribution in [3.63, 3.8) is 0 Å². The highest BCUT2D eigenvalue weighted by atomic mass is 16.6. The Morgan fingerprint density at radius 3 is 2.37 bits per heavy atom. The summed E-state index contributed by atoms with van der Waals surface area (Å²) < 4.78 is 6.70. The first kappa shape index (κ1) is 20.0. The van der Waals surface area contributed by atoms with Gasteiger partial charge in [0.05, 0.1) is 5.39 Å². The Labute approximate surface area is 173 Å². The maximum absolute atomic E-state index is 13.1. The number of H-pyrrole nitrogens is 2. The molecule has 1 aliphatic heterocycles. The summed E-state index contributed by atoms with van der Waals surface area (Å²) in [6.07, 6.45) is 0.670. The molecule has 3 aromatic rings. The fourth-order valence-electron chi connectivity index (χ4n) is 3.85. The monoisotopic (exact) mass is 410 g/mol. The fraction of sp³-hybridized carbons (Fsp3) is 0.409. The van der Waals surface area contributed by atoms with E-state index in [1.54, 1.807) is 11.0 Å². The number of fused-ring (bicyclic) bond motifs is 1. The Hall–Kier alpha value is -3.29. The van der Waals surface area contributed by atoms with Crippen LogP contribution >= 0.6 is 0 Å². The fourth-order valence-corrected chi connectivity index (χ4v) is 3.85. The average Bonchev–Trinajstić information content (AvgIpc) is 3.12. The number of nitrogens with one attached hydrogen (secondary N) is 2. The molecule has 3 heterocycles. The van der Waals surface area contributed by atoms with Crippen LogP contribution in [0.4, 0.5) is 4.79 Å². The molecule has 0 saturated carbocycles. The molecule has 2 N–H and O–H groups in total. The molecule has 1 amide bonds. The van der Waals surface area contributed by atoms with E-state index in [-0.39, 0.29) is 17.7 Å². The third kappa shape index (κ3) is 3.90. The second-order valence-corrected chi connectivity index (χ2v) is 8.64. The zero-order valence-electron chi connectivity index (χ0n) is 17.4. The quantitative estimate of drug-likeness (QED) is 0.677. The number of ether oxygens (including phenoxy) is 1. The van der Waals surface area contributed by atoms with Gasteiger partial charge in [-0.25, -0.2) is 9.59 Å². The van der Waals surface area contributed by atoms with Crippen molar-refractivity contribution in [1.29, 1.82) is 0 Å². The van der Waals surface area contributed by atoms with Crippen molar-refractivity contribution in [3.05, 3.63) is 57.2 Å². The number of piperidine rings is 1. The van der Waals surface area contributed by atoms with Crippen LogP contribution in [0, 0.1) is 0 Å². The van der Waals surface area contributed by atoms with E-state index in [0.29, 0.717) is 37.0 Å². The van der Waals surface area contributed by atoms with E-state index in [0.717, 1.165) is 11.3 Å². The summed E-state index contributed by atoms with van der Waals surface area (Å²) in [4.78, 5) is 45.6. The summed E-state index contributed by atoms with van der Waals surface area (Å²) in [6.45, 7) is 6.35. The van der Waals surface area contributed by atoms with Gasteiger partial charge < -0.3 is 14.6 Å². The first-order valence-electron chi connectivity index (χ1n) is 10.1. The van der Waals surface area contributed by atoms with Gasteiger partial charge in [-0.3, -0.25) is 14.3 Å². The first-order chi connectivity index (χ1) is 14.2. The zero-order chi connectivity index (χ0) is 21.5. The minimum atomic E-state index is -0.558. The van der Waals surface area contributed by atoms with Gasteiger partial charge in [0.1, 0.15) is 11.2 Å². The molecule has 1 aromatic carbocycles. The Morgan fingerprint density at radius 1 is 1.07 bits per heavy atom. The normalized spacial score (nSPS) is 15.5. The summed E-state index contributed by atoms with van der Waals surface area (Å²) in [6, 6.07) is 11.1. The number of likely N-dealkylation sites (tertiary alicyclic amines) is 1. The summed E-state index contributed by atoms with van der Waals surface area (Å²) in [5, 5.41) is 0.447. The number of carbonyl (C=O) groups excluding carboxylic acids is 1. The molecule has 1 saturated heterocycles. The van der Waals surface area contributed by atoms with E-state index in [4.69, 9.17) is 4.74 Å². The van der Waals surface area contributed by atoms with Crippen LogP contribution in [0.15, 0.2) is 46.0 Å². The lowest BCUT2D eigenvalue weighted by atomic mass is 10.0. The van der Waals surface area contributed by atoms with Gasteiger partial charge in [0.15, 0.2) is 0 Å². The summed E-state index contributed by atoms with van der Waals surface area (Å²) in [7, 11) is 0. The molecule has 0 radical (unpaired) electrons. The number of carbonyl (C=O) groups is 1. The van der Waals surface area contributed by atoms with Crippen LogP contribution in [0.25, 0.3) is 22.3 Å². The number of hydrogen-bond donors (Lipinski definition) is 2. The van der Waals surface area contributed by atoms with Crippen molar-refractivity contribution in [2.75, 3.05) is 13.1 Å². The molecular weight excluding hydrogens is 384 g/mol. The van der Waals surface area contributed by atoms with Crippen molar-refractivity contribution in [2.24, 2.45) is 0 Å². The summed E-state index contributed by atoms with van der Waals surface area (Å²) in [5.41, 5.74) is 0.818. The van der Waals surface area contributed by atoms with E-state index in [1.165, 1.54) is 4.57 Å². The Morgan fingerprint density at radius 2 is 1.73 bits per heavy atom. The van der Waals surface area contributed by atoms with Crippen molar-refractivity contribution in [3.8, 4) is 11.3 Å². The third-order valence-corrected chi connectivity index (χ3v) is 5.28. The molecule has 0 spiro atoms. The Balaban J connectivity index is 1.59. The van der Waals surface area contributed by atoms with Gasteiger partial charge in [0.25, 0.3) is 5.56 Å². The van der Waals surface area contributed by atoms with Crippen LogP contribution in [0.5, 0.6) is 0 Å². The molecule has 0 bridgehead atoms. The lowest BCUT2D eigenvalue weighted by Gasteiger charge is -2.33. The minimum Gasteiger partial charge on any atom is -0.444 e. The standard InChI is InChI=1S/C22H26N4O4/c1-22(2,3)30-21(29)25-11-9-15(10-12-25)26-19(27)16-13-17(14-7-5-4-6-8-14)23-18(16)24-20(26)28/h4-8,13,15,23H,9-12H2,1-3H3,(H,24,28). The lowest BCUT2D eigenvalue weighted by Crippen LogP contribution is -2.46. The maximum Gasteiger partial charge on any atom is 0.410 e. The van der Waals surface area contributed by atoms with E-state index in [1.807, 2.05) is 51.1 Å². The molecule has 8 heteroatoms. The van der Waals surface area contributed by atoms with Gasteiger partial charge in [-0.05, 0) is 45.2 Å². The van der Waals surface area contributed by atoms with Crippen LogP contribution in [0.1, 0.15) is 39.7 Å². The predicted octanol–water partition coefficient (Wildman–Crippen LogP) is 3.26. The second-order valence-electron chi connectivity index (χ2n) is 8.64. The summed E-state index contributed by atoms with van der Waals surface area (Å²) in [5.74, 6) is 0. The van der Waals surface area contributed by atoms with Crippen LogP contribution < -0.4 is 11.2 Å². The third-order valence-electron chi connectivity index (χ3n) is 5.28. The van der Waals surface area contributed by atoms with E-state index < -0.39 is 11.3 Å². The molecule has 158 valence electrons. The number of rotatable bonds is 2. The van der Waals surface area contributed by atoms with Crippen molar-refractivity contribution < 1.29 is 9.53 Å². The molecular formula is C22H26N4O4. The molecule has 0 unspecified atom stereocenters. The number of benzene rings is 1. The van der Waals surface area contributed by atoms with E-state index in [9.17, 15) is 14.4 Å². The topological polar surface area (TPSA) is 100 Å². The number of aromatic amines is 2. The highest BCUT2D eigenvalue weighted by molar-refractivity contribution is 5.82. The first-order valence-corrected chi connectivity index (χ1v) is 10.1. The SMILES string of the molecule is CC(C)(C)OC(=O)N1CCC(n2c(=O)[nH]c3[nH]c(-c4ccccc4)cc3c2=O)CC1. The van der Waals surface area contributed by atoms with Crippen molar-refractivity contribution in [1.82, 2.24) is 19.4 Å². The van der Waals surface area contributed by atoms with Gasteiger partial charge in [0.2, 0.25) is 0 Å². The van der Waals surface area contributed by atoms with Crippen LogP contribution in [0.2, 0.25) is 0 Å². The number of hydrogen-bond acceptors (Lipinski definition) is 4. The Bertz CT molecular complexity index is 1180. The van der Waals surface area contributed by atoms with Crippen LogP contribution in [-0.4, -0.2) is 44.2 Å². The molecule has 30 heavy (non-hydrogen) atoms. The second kappa shape index (κ2) is 7.51. The lowest BCUT2D eigenvalue weighted by molar-refractivity contribution is 0.0186. The van der Waals surface area contributed by atoms with Gasteiger partial charge >= 0.3 is 11.8 Å². The van der Waals surface area contributed by atoms with Gasteiger partial charge in [-0.2, -0.15) is 0 Å². The molecule has 8 nitrogen and oxygen atoms in total. The average molecular weight is 410 g/mol.